The molecule has 0 atom stereocenters. The summed E-state index contributed by atoms with van der Waals surface area (Å²) in [5, 5.41) is 5.87. The van der Waals surface area contributed by atoms with Gasteiger partial charge in [0.15, 0.2) is 0 Å². The minimum atomic E-state index is -0.211. The molecule has 2 N–H and O–H groups in total. The fourth-order valence-electron chi connectivity index (χ4n) is 2.53. The normalized spacial score (nSPS) is 11.2. The maximum absolute atomic E-state index is 12.3. The second-order valence-electron chi connectivity index (χ2n) is 6.87. The molecule has 122 valence electrons. The molecule has 0 saturated carbocycles. The second kappa shape index (κ2) is 6.86. The Kier molecular flexibility index (Phi) is 5.09. The number of benzene rings is 2. The van der Waals surface area contributed by atoms with Gasteiger partial charge in [0.05, 0.1) is 0 Å². The van der Waals surface area contributed by atoms with Crippen LogP contribution in [0.4, 0.5) is 16.2 Å². The van der Waals surface area contributed by atoms with E-state index in [2.05, 4.69) is 50.5 Å². The van der Waals surface area contributed by atoms with Gasteiger partial charge in [-0.2, -0.15) is 0 Å². The largest absolute Gasteiger partial charge is 0.323 e. The number of hydrogen-bond acceptors (Lipinski definition) is 1. The average molecular weight is 310 g/mol. The van der Waals surface area contributed by atoms with E-state index in [0.29, 0.717) is 0 Å². The summed E-state index contributed by atoms with van der Waals surface area (Å²) in [6.45, 7) is 10.6. The number of anilines is 2. The lowest BCUT2D eigenvalue weighted by molar-refractivity contribution is 0.262. The van der Waals surface area contributed by atoms with Crippen LogP contribution in [0.15, 0.2) is 42.5 Å². The second-order valence-corrected chi connectivity index (χ2v) is 6.87. The molecule has 0 fully saturated rings. The van der Waals surface area contributed by atoms with Gasteiger partial charge >= 0.3 is 6.03 Å². The zero-order chi connectivity index (χ0) is 17.0. The first-order valence-electron chi connectivity index (χ1n) is 8.08. The molecule has 2 rings (SSSR count). The van der Waals surface area contributed by atoms with Gasteiger partial charge in [-0.25, -0.2) is 4.79 Å². The van der Waals surface area contributed by atoms with Crippen LogP contribution in [-0.4, -0.2) is 6.03 Å². The Bertz CT molecular complexity index is 682. The lowest BCUT2D eigenvalue weighted by atomic mass is 9.87. The molecule has 0 bridgehead atoms. The van der Waals surface area contributed by atoms with Crippen molar-refractivity contribution >= 4 is 17.4 Å². The number of urea groups is 1. The average Bonchev–Trinajstić information content (AvgIpc) is 2.49. The topological polar surface area (TPSA) is 41.1 Å². The molecule has 23 heavy (non-hydrogen) atoms. The number of rotatable bonds is 3. The first kappa shape index (κ1) is 17.1. The molecule has 0 saturated heterocycles. The van der Waals surface area contributed by atoms with Gasteiger partial charge in [-0.3, -0.25) is 0 Å². The Morgan fingerprint density at radius 3 is 2.22 bits per heavy atom. The Morgan fingerprint density at radius 1 is 1.00 bits per heavy atom. The molecule has 0 unspecified atom stereocenters. The van der Waals surface area contributed by atoms with E-state index in [1.165, 1.54) is 5.56 Å². The van der Waals surface area contributed by atoms with Crippen LogP contribution in [0.3, 0.4) is 0 Å². The smallest absolute Gasteiger partial charge is 0.308 e. The quantitative estimate of drug-likeness (QED) is 0.772. The van der Waals surface area contributed by atoms with E-state index in [4.69, 9.17) is 0 Å². The highest BCUT2D eigenvalue weighted by molar-refractivity contribution is 6.00. The lowest BCUT2D eigenvalue weighted by Crippen LogP contribution is -2.21. The molecule has 2 aromatic rings. The molecule has 0 radical (unpaired) electrons. The van der Waals surface area contributed by atoms with E-state index >= 15 is 0 Å². The third-order valence-corrected chi connectivity index (χ3v) is 3.99. The molecule has 0 aliphatic rings. The summed E-state index contributed by atoms with van der Waals surface area (Å²) < 4.78 is 0. The summed E-state index contributed by atoms with van der Waals surface area (Å²) in [6.07, 6.45) is 0.886. The van der Waals surface area contributed by atoms with E-state index in [-0.39, 0.29) is 11.4 Å². The van der Waals surface area contributed by atoms with Gasteiger partial charge in [-0.05, 0) is 47.6 Å². The molecular weight excluding hydrogens is 284 g/mol. The summed E-state index contributed by atoms with van der Waals surface area (Å²) in [5.41, 5.74) is 5.26. The van der Waals surface area contributed by atoms with Crippen LogP contribution in [0.25, 0.3) is 0 Å². The maximum atomic E-state index is 12.3. The van der Waals surface area contributed by atoms with Crippen LogP contribution < -0.4 is 10.6 Å². The molecule has 0 aliphatic carbocycles. The zero-order valence-corrected chi connectivity index (χ0v) is 14.7. The van der Waals surface area contributed by atoms with Crippen molar-refractivity contribution in [2.75, 3.05) is 10.6 Å². The number of aryl methyl sites for hydroxylation is 2. The minimum absolute atomic E-state index is 0.109. The van der Waals surface area contributed by atoms with Crippen molar-refractivity contribution in [1.82, 2.24) is 0 Å². The van der Waals surface area contributed by atoms with Crippen LogP contribution in [0.5, 0.6) is 0 Å². The summed E-state index contributed by atoms with van der Waals surface area (Å²) in [6, 6.07) is 13.9. The molecule has 0 aliphatic heterocycles. The highest BCUT2D eigenvalue weighted by Gasteiger charge is 2.13. The lowest BCUT2D eigenvalue weighted by Gasteiger charge is -2.19. The maximum Gasteiger partial charge on any atom is 0.323 e. The van der Waals surface area contributed by atoms with E-state index in [0.717, 1.165) is 28.9 Å². The summed E-state index contributed by atoms with van der Waals surface area (Å²) in [4.78, 5) is 12.3. The molecule has 3 nitrogen and oxygen atoms in total. The van der Waals surface area contributed by atoms with Crippen molar-refractivity contribution in [3.8, 4) is 0 Å². The van der Waals surface area contributed by atoms with Gasteiger partial charge in [0.1, 0.15) is 0 Å². The van der Waals surface area contributed by atoms with Crippen LogP contribution in [-0.2, 0) is 11.8 Å². The van der Waals surface area contributed by atoms with E-state index in [9.17, 15) is 4.79 Å². The van der Waals surface area contributed by atoms with Gasteiger partial charge in [-0.15, -0.1) is 0 Å². The van der Waals surface area contributed by atoms with Crippen molar-refractivity contribution in [2.24, 2.45) is 0 Å². The SMILES string of the molecule is CCc1cccc(C)c1NC(=O)Nc1ccc(C(C)(C)C)cc1. The summed E-state index contributed by atoms with van der Waals surface area (Å²) in [5.74, 6) is 0. The van der Waals surface area contributed by atoms with Gasteiger partial charge in [-0.1, -0.05) is 58.0 Å². The first-order chi connectivity index (χ1) is 10.8. The van der Waals surface area contributed by atoms with Crippen LogP contribution in [0.1, 0.15) is 44.4 Å². The molecule has 2 aromatic carbocycles. The molecular formula is C20H26N2O. The molecule has 3 heteroatoms. The van der Waals surface area contributed by atoms with Crippen LogP contribution in [0, 0.1) is 6.92 Å². The summed E-state index contributed by atoms with van der Waals surface area (Å²) in [7, 11) is 0. The van der Waals surface area contributed by atoms with Crippen molar-refractivity contribution in [3.05, 3.63) is 59.2 Å². The highest BCUT2D eigenvalue weighted by Crippen LogP contribution is 2.24. The van der Waals surface area contributed by atoms with Crippen molar-refractivity contribution < 1.29 is 4.79 Å². The number of carbonyl (C=O) groups is 1. The van der Waals surface area contributed by atoms with Gasteiger partial charge < -0.3 is 10.6 Å². The predicted octanol–water partition coefficient (Wildman–Crippen LogP) is 5.50. The zero-order valence-electron chi connectivity index (χ0n) is 14.7. The standard InChI is InChI=1S/C20H26N2O/c1-6-15-9-7-8-14(2)18(15)22-19(23)21-17-12-10-16(11-13-17)20(3,4)5/h7-13H,6H2,1-5H3,(H2,21,22,23). The predicted molar refractivity (Wildman–Crippen MR) is 98.3 cm³/mol. The van der Waals surface area contributed by atoms with E-state index in [1.807, 2.05) is 37.3 Å². The third kappa shape index (κ3) is 4.35. The first-order valence-corrected chi connectivity index (χ1v) is 8.08. The highest BCUT2D eigenvalue weighted by atomic mass is 16.2. The number of para-hydroxylation sites is 1. The summed E-state index contributed by atoms with van der Waals surface area (Å²) >= 11 is 0. The molecule has 0 heterocycles. The fourth-order valence-corrected chi connectivity index (χ4v) is 2.53. The number of amides is 2. The monoisotopic (exact) mass is 310 g/mol. The molecule has 0 spiro atoms. The Hall–Kier alpha value is -2.29. The fraction of sp³-hybridized carbons (Fsp3) is 0.350. The minimum Gasteiger partial charge on any atom is -0.308 e. The van der Waals surface area contributed by atoms with Crippen LogP contribution in [0.2, 0.25) is 0 Å². The van der Waals surface area contributed by atoms with Crippen molar-refractivity contribution in [2.45, 2.75) is 46.5 Å². The van der Waals surface area contributed by atoms with E-state index < -0.39 is 0 Å². The van der Waals surface area contributed by atoms with E-state index in [1.54, 1.807) is 0 Å². The van der Waals surface area contributed by atoms with Crippen molar-refractivity contribution in [3.63, 3.8) is 0 Å². The van der Waals surface area contributed by atoms with Gasteiger partial charge in [0, 0.05) is 11.4 Å². The van der Waals surface area contributed by atoms with Gasteiger partial charge in [0.2, 0.25) is 0 Å². The number of nitrogens with one attached hydrogen (secondary N) is 2. The van der Waals surface area contributed by atoms with Crippen molar-refractivity contribution in [1.29, 1.82) is 0 Å². The Balaban J connectivity index is 2.09. The molecule has 0 aromatic heterocycles. The number of hydrogen-bond donors (Lipinski definition) is 2. The molecule has 2 amide bonds. The number of carbonyl (C=O) groups excluding carboxylic acids is 1. The third-order valence-electron chi connectivity index (χ3n) is 3.99. The van der Waals surface area contributed by atoms with Crippen LogP contribution >= 0.6 is 0 Å². The Labute approximate surface area is 139 Å². The van der Waals surface area contributed by atoms with Gasteiger partial charge in [0.25, 0.3) is 0 Å². The Morgan fingerprint density at radius 2 is 1.65 bits per heavy atom.